The molecule has 0 aliphatic rings. The molecule has 0 amide bonds. The van der Waals surface area contributed by atoms with E-state index in [1.54, 1.807) is 0 Å². The third-order valence-electron chi connectivity index (χ3n) is 1.04. The molecule has 0 aliphatic heterocycles. The predicted molar refractivity (Wildman–Crippen MR) is 60.7 cm³/mol. The molecule has 0 bridgehead atoms. The third kappa shape index (κ3) is 12.1. The van der Waals surface area contributed by atoms with Gasteiger partial charge in [-0.05, 0) is 5.56 Å². The fraction of sp³-hybridized carbons (Fsp3) is 0.167. The van der Waals surface area contributed by atoms with Gasteiger partial charge in [-0.15, -0.1) is 0 Å². The summed E-state index contributed by atoms with van der Waals surface area (Å²) in [4.78, 5) is 0. The maximum absolute atomic E-state index is 3.63. The Morgan fingerprint density at radius 1 is 1.00 bits per heavy atom. The smallest absolute Gasteiger partial charge is 0 e. The molecule has 0 aliphatic carbocycles. The Balaban J connectivity index is -0.0000000761. The molecule has 0 unspecified atom stereocenters. The molecule has 13 heavy (non-hydrogen) atoms. The fourth-order valence-electron chi connectivity index (χ4n) is 0.589. The summed E-state index contributed by atoms with van der Waals surface area (Å²) in [5, 5.41) is 0. The maximum atomic E-state index is 3.63. The van der Waals surface area contributed by atoms with Gasteiger partial charge in [-0.1, -0.05) is 56.8 Å². The largest absolute Gasteiger partial charge is 0.358 e. The topological polar surface area (TPSA) is 0 Å². The Morgan fingerprint density at radius 2 is 1.38 bits per heavy atom. The van der Waals surface area contributed by atoms with E-state index >= 15 is 0 Å². The molecule has 1 radical (unpaired) electrons. The Morgan fingerprint density at radius 3 is 1.62 bits per heavy atom. The molecule has 0 saturated heterocycles. The summed E-state index contributed by atoms with van der Waals surface area (Å²) in [5.74, 6) is 0. The normalized spacial score (nSPS) is 5.69. The summed E-state index contributed by atoms with van der Waals surface area (Å²) >= 11 is 0. The van der Waals surface area contributed by atoms with Crippen molar-refractivity contribution in [3.8, 4) is 0 Å². The zero-order chi connectivity index (χ0) is 7.82. The van der Waals surface area contributed by atoms with Crippen LogP contribution in [0.4, 0.5) is 0 Å². The zero-order valence-electron chi connectivity index (χ0n) is 9.25. The minimum Gasteiger partial charge on any atom is -0.358 e. The van der Waals surface area contributed by atoms with Crippen LogP contribution in [0.5, 0.6) is 0 Å². The van der Waals surface area contributed by atoms with E-state index in [-0.39, 0.29) is 47.6 Å². The average molecular weight is 253 g/mol. The van der Waals surface area contributed by atoms with Gasteiger partial charge in [0.25, 0.3) is 0 Å². The summed E-state index contributed by atoms with van der Waals surface area (Å²) in [5.41, 5.74) is 1.17. The van der Waals surface area contributed by atoms with Crippen molar-refractivity contribution in [3.63, 3.8) is 0 Å². The Hall–Kier alpha value is 0.0639. The molecule has 0 heterocycles. The minimum atomic E-state index is 0. The van der Waals surface area contributed by atoms with Crippen molar-refractivity contribution in [2.24, 2.45) is 0 Å². The minimum absolute atomic E-state index is 0. The molecule has 0 fully saturated rings. The van der Waals surface area contributed by atoms with Crippen molar-refractivity contribution in [1.82, 2.24) is 0 Å². The van der Waals surface area contributed by atoms with Crippen molar-refractivity contribution in [2.75, 3.05) is 0 Å². The van der Waals surface area contributed by atoms with Crippen LogP contribution in [-0.2, 0) is 32.7 Å². The zero-order valence-corrected chi connectivity index (χ0v) is 12.1. The molecule has 1 aromatic carbocycles. The summed E-state index contributed by atoms with van der Waals surface area (Å²) in [6.07, 6.45) is 1.83. The fourth-order valence-corrected chi connectivity index (χ4v) is 0.589. The van der Waals surface area contributed by atoms with Crippen molar-refractivity contribution in [3.05, 3.63) is 57.3 Å². The molecule has 0 N–H and O–H groups in total. The van der Waals surface area contributed by atoms with Gasteiger partial charge in [-0.25, -0.2) is 0 Å². The SMILES string of the molecule is C=Cc1ccccc1.CC.[CH3-].[CH3-].[Y]. The van der Waals surface area contributed by atoms with Crippen molar-refractivity contribution >= 4 is 6.08 Å². The second-order valence-electron chi connectivity index (χ2n) is 1.61. The third-order valence-corrected chi connectivity index (χ3v) is 1.04. The second-order valence-corrected chi connectivity index (χ2v) is 1.61. The van der Waals surface area contributed by atoms with Crippen LogP contribution in [0.1, 0.15) is 19.4 Å². The van der Waals surface area contributed by atoms with Gasteiger partial charge < -0.3 is 14.9 Å². The molecule has 0 nitrogen and oxygen atoms in total. The Kier molecular flexibility index (Phi) is 32.0. The van der Waals surface area contributed by atoms with Crippen LogP contribution < -0.4 is 0 Å². The molecule has 73 valence electrons. The first-order chi connectivity index (χ1) is 4.93. The monoisotopic (exact) mass is 253 g/mol. The van der Waals surface area contributed by atoms with E-state index in [1.807, 2.05) is 50.3 Å². The van der Waals surface area contributed by atoms with Gasteiger partial charge in [0.1, 0.15) is 0 Å². The molecular weight excluding hydrogens is 233 g/mol. The van der Waals surface area contributed by atoms with Crippen LogP contribution in [0, 0.1) is 14.9 Å². The number of hydrogen-bond donors (Lipinski definition) is 0. The van der Waals surface area contributed by atoms with E-state index in [4.69, 9.17) is 0 Å². The first kappa shape index (κ1) is 23.1. The van der Waals surface area contributed by atoms with E-state index in [0.29, 0.717) is 0 Å². The van der Waals surface area contributed by atoms with Crippen molar-refractivity contribution < 1.29 is 32.7 Å². The molecule has 1 heteroatoms. The van der Waals surface area contributed by atoms with Crippen LogP contribution in [0.2, 0.25) is 0 Å². The summed E-state index contributed by atoms with van der Waals surface area (Å²) < 4.78 is 0. The van der Waals surface area contributed by atoms with Crippen LogP contribution in [0.3, 0.4) is 0 Å². The standard InChI is InChI=1S/C8H8.C2H6.2CH3.Y/c1-2-8-6-4-3-5-7-8;1-2;;;/h2-7H,1H2;1-2H3;2*1H3;/q;;2*-1;. The van der Waals surface area contributed by atoms with Gasteiger partial charge in [0.05, 0.1) is 0 Å². The van der Waals surface area contributed by atoms with E-state index in [2.05, 4.69) is 6.58 Å². The molecule has 1 rings (SSSR count). The van der Waals surface area contributed by atoms with Gasteiger partial charge in [0, 0.05) is 32.7 Å². The van der Waals surface area contributed by atoms with Crippen molar-refractivity contribution in [1.29, 1.82) is 0 Å². The predicted octanol–water partition coefficient (Wildman–Crippen LogP) is 4.25. The number of rotatable bonds is 1. The van der Waals surface area contributed by atoms with Crippen LogP contribution in [0.25, 0.3) is 6.08 Å². The van der Waals surface area contributed by atoms with Crippen LogP contribution in [0.15, 0.2) is 36.9 Å². The molecule has 0 aromatic heterocycles. The van der Waals surface area contributed by atoms with Crippen LogP contribution >= 0.6 is 0 Å². The summed E-state index contributed by atoms with van der Waals surface area (Å²) in [7, 11) is 0. The van der Waals surface area contributed by atoms with Crippen molar-refractivity contribution in [2.45, 2.75) is 13.8 Å². The maximum Gasteiger partial charge on any atom is 0 e. The van der Waals surface area contributed by atoms with Gasteiger partial charge in [-0.3, -0.25) is 0 Å². The number of hydrogen-bond acceptors (Lipinski definition) is 0. The molecule has 0 saturated carbocycles. The van der Waals surface area contributed by atoms with Gasteiger partial charge in [0.2, 0.25) is 0 Å². The van der Waals surface area contributed by atoms with Gasteiger partial charge in [0.15, 0.2) is 0 Å². The number of benzene rings is 1. The molecule has 0 atom stereocenters. The summed E-state index contributed by atoms with van der Waals surface area (Å²) in [6.45, 7) is 7.63. The first-order valence-electron chi connectivity index (χ1n) is 3.61. The average Bonchev–Trinajstić information content (AvgIpc) is 2.10. The van der Waals surface area contributed by atoms with Gasteiger partial charge in [-0.2, -0.15) is 0 Å². The van der Waals surface area contributed by atoms with E-state index in [0.717, 1.165) is 0 Å². The molecule has 1 aromatic rings. The Bertz CT molecular complexity index is 168. The molecule has 0 spiro atoms. The van der Waals surface area contributed by atoms with E-state index in [1.165, 1.54) is 5.56 Å². The quantitative estimate of drug-likeness (QED) is 0.656. The Labute approximate surface area is 109 Å². The van der Waals surface area contributed by atoms with Gasteiger partial charge >= 0.3 is 0 Å². The van der Waals surface area contributed by atoms with Crippen LogP contribution in [-0.4, -0.2) is 0 Å². The first-order valence-corrected chi connectivity index (χ1v) is 3.61. The molecular formula is C12H20Y-2. The second kappa shape index (κ2) is 18.0. The van der Waals surface area contributed by atoms with E-state index in [9.17, 15) is 0 Å². The van der Waals surface area contributed by atoms with E-state index < -0.39 is 0 Å². The summed E-state index contributed by atoms with van der Waals surface area (Å²) in [6, 6.07) is 10.0.